The van der Waals surface area contributed by atoms with Gasteiger partial charge in [-0.15, -0.1) is 0 Å². The number of ether oxygens (including phenoxy) is 1. The van der Waals surface area contributed by atoms with Gasteiger partial charge in [0.1, 0.15) is 0 Å². The molecule has 2 N–H and O–H groups in total. The Hall–Kier alpha value is -0.950. The second kappa shape index (κ2) is 5.14. The Morgan fingerprint density at radius 1 is 1.35 bits per heavy atom. The van der Waals surface area contributed by atoms with E-state index in [-0.39, 0.29) is 21.2 Å². The summed E-state index contributed by atoms with van der Waals surface area (Å²) >= 11 is 6.09. The van der Waals surface area contributed by atoms with Crippen molar-refractivity contribution in [1.82, 2.24) is 0 Å². The molecule has 0 aromatic heterocycles. The van der Waals surface area contributed by atoms with Crippen LogP contribution in [0.25, 0.3) is 0 Å². The first-order valence-electron chi connectivity index (χ1n) is 4.55. The van der Waals surface area contributed by atoms with Crippen LogP contribution in [-0.2, 0) is 19.1 Å². The van der Waals surface area contributed by atoms with Crippen LogP contribution in [0.1, 0.15) is 13.3 Å². The van der Waals surface area contributed by atoms with Crippen LogP contribution in [0.4, 0.5) is 0 Å². The normalized spacial score (nSPS) is 18.2. The van der Waals surface area contributed by atoms with Gasteiger partial charge in [-0.3, -0.25) is 14.4 Å². The molecule has 0 saturated heterocycles. The average Bonchev–Trinajstić information content (AvgIpc) is 2.11. The largest absolute Gasteiger partial charge is 0.450 e. The Kier molecular flexibility index (Phi) is 4.26. The van der Waals surface area contributed by atoms with E-state index in [1.54, 1.807) is 0 Å². The van der Waals surface area contributed by atoms with Gasteiger partial charge in [-0.1, -0.05) is 0 Å². The van der Waals surface area contributed by atoms with E-state index in [1.807, 2.05) is 0 Å². The predicted molar refractivity (Wildman–Crippen MR) is 67.3 cm³/mol. The molecule has 0 aromatic rings. The van der Waals surface area contributed by atoms with E-state index in [0.717, 1.165) is 0 Å². The number of hydrogen-bond acceptors (Lipinski definition) is 4. The molecule has 1 amide bonds. The maximum Gasteiger partial charge on any atom is 0.303 e. The first kappa shape index (κ1) is 14.1. The van der Waals surface area contributed by atoms with E-state index < -0.39 is 17.5 Å². The monoisotopic (exact) mass is 365 g/mol. The van der Waals surface area contributed by atoms with E-state index in [9.17, 15) is 14.4 Å². The van der Waals surface area contributed by atoms with E-state index in [2.05, 4.69) is 31.9 Å². The van der Waals surface area contributed by atoms with Gasteiger partial charge in [0.05, 0.1) is 15.4 Å². The number of halogens is 2. The number of hydrogen-bond donors (Lipinski definition) is 1. The summed E-state index contributed by atoms with van der Waals surface area (Å²) in [4.78, 5) is 33.5. The molecular formula is C10H9Br2NO4. The third-order valence-corrected chi connectivity index (χ3v) is 3.14. The number of carbonyl (C=O) groups excluding carboxylic acids is 3. The number of nitrogens with two attached hydrogens (primary N) is 1. The van der Waals surface area contributed by atoms with Crippen LogP contribution in [0, 0.1) is 0 Å². The summed E-state index contributed by atoms with van der Waals surface area (Å²) in [5, 5.41) is 0. The number of esters is 1. The number of primary amides is 1. The Labute approximate surface area is 114 Å². The second-order valence-electron chi connectivity index (χ2n) is 3.51. The van der Waals surface area contributed by atoms with Gasteiger partial charge in [0, 0.05) is 6.92 Å². The molecular weight excluding hydrogens is 358 g/mol. The van der Waals surface area contributed by atoms with Gasteiger partial charge in [-0.05, 0) is 44.0 Å². The van der Waals surface area contributed by atoms with E-state index in [0.29, 0.717) is 0 Å². The Morgan fingerprint density at radius 3 is 2.18 bits per heavy atom. The molecule has 1 aliphatic carbocycles. The zero-order valence-electron chi connectivity index (χ0n) is 8.83. The molecule has 17 heavy (non-hydrogen) atoms. The summed E-state index contributed by atoms with van der Waals surface area (Å²) < 4.78 is 5.48. The second-order valence-corrected chi connectivity index (χ2v) is 5.21. The minimum atomic E-state index is -1.32. The molecule has 0 spiro atoms. The van der Waals surface area contributed by atoms with Crippen molar-refractivity contribution in [1.29, 1.82) is 0 Å². The lowest BCUT2D eigenvalue weighted by Crippen LogP contribution is -2.38. The summed E-state index contributed by atoms with van der Waals surface area (Å²) in [7, 11) is 0. The lowest BCUT2D eigenvalue weighted by molar-refractivity contribution is -0.150. The molecule has 5 nitrogen and oxygen atoms in total. The molecule has 0 unspecified atom stereocenters. The van der Waals surface area contributed by atoms with Crippen LogP contribution >= 0.6 is 31.9 Å². The number of allylic oxidation sites excluding steroid dienone is 2. The third kappa shape index (κ3) is 3.50. The lowest BCUT2D eigenvalue weighted by Gasteiger charge is -2.29. The smallest absolute Gasteiger partial charge is 0.303 e. The maximum absolute atomic E-state index is 11.5. The zero-order valence-corrected chi connectivity index (χ0v) is 12.0. The molecule has 0 fully saturated rings. The SMILES string of the molecule is CC(=O)OC1(CC(N)=O)C=C(Br)C(=O)C(Br)=C1. The van der Waals surface area contributed by atoms with Crippen LogP contribution < -0.4 is 5.73 Å². The van der Waals surface area contributed by atoms with Gasteiger partial charge in [-0.25, -0.2) is 0 Å². The summed E-state index contributed by atoms with van der Waals surface area (Å²) in [5.74, 6) is -1.51. The number of Topliss-reactive ketones (excluding diaryl/α,β-unsaturated/α-hetero) is 1. The molecule has 1 aliphatic rings. The van der Waals surface area contributed by atoms with Gasteiger partial charge in [0.2, 0.25) is 11.7 Å². The number of amides is 1. The molecule has 1 rings (SSSR count). The number of ketones is 1. The van der Waals surface area contributed by atoms with Gasteiger partial charge in [0.25, 0.3) is 0 Å². The van der Waals surface area contributed by atoms with Crippen molar-refractivity contribution >= 4 is 49.5 Å². The van der Waals surface area contributed by atoms with Crippen molar-refractivity contribution in [3.63, 3.8) is 0 Å². The van der Waals surface area contributed by atoms with Crippen LogP contribution in [0.5, 0.6) is 0 Å². The highest BCUT2D eigenvalue weighted by Gasteiger charge is 2.37. The van der Waals surface area contributed by atoms with Crippen molar-refractivity contribution < 1.29 is 19.1 Å². The third-order valence-electron chi connectivity index (χ3n) is 1.96. The van der Waals surface area contributed by atoms with Crippen molar-refractivity contribution in [3.05, 3.63) is 21.1 Å². The topological polar surface area (TPSA) is 86.5 Å². The summed E-state index contributed by atoms with van der Waals surface area (Å²) in [6, 6.07) is 0. The van der Waals surface area contributed by atoms with E-state index in [1.165, 1.54) is 19.1 Å². The standard InChI is InChI=1S/C10H9Br2NO4/c1-5(14)17-10(4-8(13)15)2-6(11)9(16)7(12)3-10/h2-3H,4H2,1H3,(H2,13,15). The quantitative estimate of drug-likeness (QED) is 0.763. The fourth-order valence-corrected chi connectivity index (χ4v) is 2.92. The zero-order chi connectivity index (χ0) is 13.2. The van der Waals surface area contributed by atoms with Crippen LogP contribution in [0.15, 0.2) is 21.1 Å². The first-order chi connectivity index (χ1) is 7.76. The van der Waals surface area contributed by atoms with Gasteiger partial charge in [0.15, 0.2) is 5.60 Å². The fraction of sp³-hybridized carbons (Fsp3) is 0.300. The molecule has 0 heterocycles. The van der Waals surface area contributed by atoms with Crippen molar-refractivity contribution in [2.24, 2.45) is 5.73 Å². The van der Waals surface area contributed by atoms with E-state index in [4.69, 9.17) is 10.5 Å². The maximum atomic E-state index is 11.5. The minimum absolute atomic E-state index is 0.203. The molecule has 0 aliphatic heterocycles. The molecule has 0 saturated carbocycles. The lowest BCUT2D eigenvalue weighted by atomic mass is 9.93. The number of carbonyl (C=O) groups is 3. The Bertz CT molecular complexity index is 413. The molecule has 92 valence electrons. The van der Waals surface area contributed by atoms with Crippen LogP contribution in [-0.4, -0.2) is 23.3 Å². The molecule has 0 aromatic carbocycles. The Balaban J connectivity index is 3.19. The first-order valence-corrected chi connectivity index (χ1v) is 6.14. The summed E-state index contributed by atoms with van der Waals surface area (Å²) in [6.45, 7) is 1.21. The highest BCUT2D eigenvalue weighted by molar-refractivity contribution is 9.13. The minimum Gasteiger partial charge on any atom is -0.450 e. The van der Waals surface area contributed by atoms with E-state index >= 15 is 0 Å². The molecule has 0 radical (unpaired) electrons. The average molecular weight is 367 g/mol. The highest BCUT2D eigenvalue weighted by Crippen LogP contribution is 2.33. The molecule has 0 bridgehead atoms. The Morgan fingerprint density at radius 2 is 1.82 bits per heavy atom. The van der Waals surface area contributed by atoms with Crippen LogP contribution in [0.2, 0.25) is 0 Å². The van der Waals surface area contributed by atoms with Crippen LogP contribution in [0.3, 0.4) is 0 Å². The molecule has 0 atom stereocenters. The van der Waals surface area contributed by atoms with Crippen molar-refractivity contribution in [2.75, 3.05) is 0 Å². The summed E-state index contributed by atoms with van der Waals surface area (Å²) in [5.41, 5.74) is 3.79. The van der Waals surface area contributed by atoms with Crippen molar-refractivity contribution in [2.45, 2.75) is 18.9 Å². The van der Waals surface area contributed by atoms with Crippen molar-refractivity contribution in [3.8, 4) is 0 Å². The number of rotatable bonds is 3. The summed E-state index contributed by atoms with van der Waals surface area (Å²) in [6.07, 6.45) is 2.47. The van der Waals surface area contributed by atoms with Gasteiger partial charge in [-0.2, -0.15) is 0 Å². The molecule has 7 heteroatoms. The fourth-order valence-electron chi connectivity index (χ4n) is 1.45. The highest BCUT2D eigenvalue weighted by atomic mass is 79.9. The predicted octanol–water partition coefficient (Wildman–Crippen LogP) is 1.30. The van der Waals surface area contributed by atoms with Gasteiger partial charge >= 0.3 is 5.97 Å². The van der Waals surface area contributed by atoms with Gasteiger partial charge < -0.3 is 10.5 Å².